The summed E-state index contributed by atoms with van der Waals surface area (Å²) in [6.45, 7) is 2.06. The number of nitrogens with two attached hydrogens (primary N) is 1. The van der Waals surface area contributed by atoms with Crippen molar-refractivity contribution in [2.24, 2.45) is 7.05 Å². The first-order chi connectivity index (χ1) is 10.1. The van der Waals surface area contributed by atoms with E-state index in [2.05, 4.69) is 45.1 Å². The van der Waals surface area contributed by atoms with Gasteiger partial charge >= 0.3 is 0 Å². The van der Waals surface area contributed by atoms with Crippen molar-refractivity contribution in [3.63, 3.8) is 0 Å². The highest BCUT2D eigenvalue weighted by molar-refractivity contribution is 9.10. The zero-order valence-corrected chi connectivity index (χ0v) is 13.4. The number of hydrogen-bond acceptors (Lipinski definition) is 3. The molecule has 0 radical (unpaired) electrons. The standard InChI is InChI=1S/C16H15BrN4/c1-10-3-4-13(17)12(9-10)15-14(16(18)21(2)20-15)11-5-7-19-8-6-11/h3-9H,18H2,1-2H3. The minimum atomic E-state index is 0.643. The lowest BCUT2D eigenvalue weighted by Crippen LogP contribution is -1.97. The molecule has 0 atom stereocenters. The number of anilines is 1. The molecule has 0 bridgehead atoms. The van der Waals surface area contributed by atoms with Crippen molar-refractivity contribution in [2.75, 3.05) is 5.73 Å². The van der Waals surface area contributed by atoms with Crippen LogP contribution < -0.4 is 5.73 Å². The molecule has 0 fully saturated rings. The van der Waals surface area contributed by atoms with Crippen molar-refractivity contribution in [1.82, 2.24) is 14.8 Å². The van der Waals surface area contributed by atoms with E-state index in [4.69, 9.17) is 5.73 Å². The second-order valence-electron chi connectivity index (χ2n) is 4.95. The molecule has 2 N–H and O–H groups in total. The maximum absolute atomic E-state index is 6.23. The quantitative estimate of drug-likeness (QED) is 0.770. The summed E-state index contributed by atoms with van der Waals surface area (Å²) < 4.78 is 2.71. The largest absolute Gasteiger partial charge is 0.383 e. The lowest BCUT2D eigenvalue weighted by molar-refractivity contribution is 0.782. The number of rotatable bonds is 2. The van der Waals surface area contributed by atoms with E-state index in [1.807, 2.05) is 25.2 Å². The van der Waals surface area contributed by atoms with Gasteiger partial charge in [0, 0.05) is 29.5 Å². The molecule has 2 heterocycles. The predicted molar refractivity (Wildman–Crippen MR) is 88.7 cm³/mol. The van der Waals surface area contributed by atoms with Crippen LogP contribution in [-0.4, -0.2) is 14.8 Å². The van der Waals surface area contributed by atoms with Crippen LogP contribution in [0.2, 0.25) is 0 Å². The number of nitrogen functional groups attached to an aromatic ring is 1. The van der Waals surface area contributed by atoms with E-state index in [0.717, 1.165) is 26.9 Å². The molecule has 0 unspecified atom stereocenters. The topological polar surface area (TPSA) is 56.7 Å². The average molecular weight is 343 g/mol. The van der Waals surface area contributed by atoms with E-state index in [0.29, 0.717) is 5.82 Å². The highest BCUT2D eigenvalue weighted by Gasteiger charge is 2.19. The second kappa shape index (κ2) is 5.33. The van der Waals surface area contributed by atoms with Crippen LogP contribution in [0.5, 0.6) is 0 Å². The molecule has 21 heavy (non-hydrogen) atoms. The van der Waals surface area contributed by atoms with Crippen LogP contribution in [0.4, 0.5) is 5.82 Å². The molecular weight excluding hydrogens is 328 g/mol. The van der Waals surface area contributed by atoms with Crippen molar-refractivity contribution in [1.29, 1.82) is 0 Å². The van der Waals surface area contributed by atoms with E-state index in [1.165, 1.54) is 5.56 Å². The fraction of sp³-hybridized carbons (Fsp3) is 0.125. The molecule has 2 aromatic heterocycles. The first-order valence-electron chi connectivity index (χ1n) is 6.57. The summed E-state index contributed by atoms with van der Waals surface area (Å²) in [6.07, 6.45) is 3.52. The van der Waals surface area contributed by atoms with E-state index in [1.54, 1.807) is 17.1 Å². The van der Waals surface area contributed by atoms with Gasteiger partial charge in [-0.15, -0.1) is 0 Å². The van der Waals surface area contributed by atoms with Gasteiger partial charge in [-0.3, -0.25) is 9.67 Å². The average Bonchev–Trinajstić information content (AvgIpc) is 2.78. The van der Waals surface area contributed by atoms with Crippen LogP contribution in [0.3, 0.4) is 0 Å². The lowest BCUT2D eigenvalue weighted by Gasteiger charge is -2.07. The molecule has 0 aliphatic rings. The highest BCUT2D eigenvalue weighted by Crippen LogP contribution is 2.38. The maximum Gasteiger partial charge on any atom is 0.129 e. The molecule has 0 spiro atoms. The Morgan fingerprint density at radius 2 is 1.86 bits per heavy atom. The van der Waals surface area contributed by atoms with Crippen LogP contribution in [0.1, 0.15) is 5.56 Å². The number of halogens is 1. The number of aryl methyl sites for hydroxylation is 2. The number of hydrogen-bond donors (Lipinski definition) is 1. The molecule has 3 rings (SSSR count). The van der Waals surface area contributed by atoms with E-state index in [9.17, 15) is 0 Å². The molecule has 5 heteroatoms. The van der Waals surface area contributed by atoms with Crippen molar-refractivity contribution < 1.29 is 0 Å². The lowest BCUT2D eigenvalue weighted by atomic mass is 10.0. The van der Waals surface area contributed by atoms with Crippen molar-refractivity contribution >= 4 is 21.7 Å². The third kappa shape index (κ3) is 2.45. The number of pyridine rings is 1. The predicted octanol–water partition coefficient (Wildman–Crippen LogP) is 3.80. The van der Waals surface area contributed by atoms with Crippen LogP contribution in [0, 0.1) is 6.92 Å². The first-order valence-corrected chi connectivity index (χ1v) is 7.36. The number of aromatic nitrogens is 3. The first kappa shape index (κ1) is 13.8. The van der Waals surface area contributed by atoms with Gasteiger partial charge in [0.2, 0.25) is 0 Å². The molecule has 0 amide bonds. The molecule has 0 aliphatic carbocycles. The molecule has 3 aromatic rings. The number of nitrogens with zero attached hydrogens (tertiary/aromatic N) is 3. The summed E-state index contributed by atoms with van der Waals surface area (Å²) in [4.78, 5) is 4.06. The highest BCUT2D eigenvalue weighted by atomic mass is 79.9. The Hall–Kier alpha value is -2.14. The Bertz CT molecular complexity index is 794. The van der Waals surface area contributed by atoms with Crippen LogP contribution >= 0.6 is 15.9 Å². The zero-order valence-electron chi connectivity index (χ0n) is 11.8. The Balaban J connectivity index is 2.29. The van der Waals surface area contributed by atoms with Gasteiger partial charge in [-0.2, -0.15) is 5.10 Å². The smallest absolute Gasteiger partial charge is 0.129 e. The summed E-state index contributed by atoms with van der Waals surface area (Å²) in [6, 6.07) is 10.1. The molecule has 0 aliphatic heterocycles. The Labute approximate surface area is 131 Å². The van der Waals surface area contributed by atoms with Gasteiger partial charge in [0.05, 0.1) is 5.56 Å². The maximum atomic E-state index is 6.23. The number of benzene rings is 1. The molecule has 4 nitrogen and oxygen atoms in total. The Morgan fingerprint density at radius 3 is 2.57 bits per heavy atom. The molecular formula is C16H15BrN4. The normalized spacial score (nSPS) is 10.8. The molecule has 1 aromatic carbocycles. The Morgan fingerprint density at radius 1 is 1.14 bits per heavy atom. The van der Waals surface area contributed by atoms with E-state index in [-0.39, 0.29) is 0 Å². The summed E-state index contributed by atoms with van der Waals surface area (Å²) in [5, 5.41) is 4.60. The fourth-order valence-electron chi connectivity index (χ4n) is 2.35. The third-order valence-electron chi connectivity index (χ3n) is 3.44. The van der Waals surface area contributed by atoms with Gasteiger partial charge in [-0.25, -0.2) is 0 Å². The van der Waals surface area contributed by atoms with Crippen molar-refractivity contribution in [3.8, 4) is 22.4 Å². The summed E-state index contributed by atoms with van der Waals surface area (Å²) in [5.74, 6) is 0.643. The SMILES string of the molecule is Cc1ccc(Br)c(-c2nn(C)c(N)c2-c2ccncc2)c1. The summed E-state index contributed by atoms with van der Waals surface area (Å²) in [7, 11) is 1.85. The van der Waals surface area contributed by atoms with Gasteiger partial charge in [0.25, 0.3) is 0 Å². The van der Waals surface area contributed by atoms with Gasteiger partial charge in [0.1, 0.15) is 11.5 Å². The summed E-state index contributed by atoms with van der Waals surface area (Å²) >= 11 is 3.61. The van der Waals surface area contributed by atoms with Gasteiger partial charge < -0.3 is 5.73 Å². The zero-order chi connectivity index (χ0) is 15.0. The monoisotopic (exact) mass is 342 g/mol. The minimum absolute atomic E-state index is 0.643. The van der Waals surface area contributed by atoms with E-state index < -0.39 is 0 Å². The van der Waals surface area contributed by atoms with Gasteiger partial charge in [-0.05, 0) is 36.8 Å². The summed E-state index contributed by atoms with van der Waals surface area (Å²) in [5.41, 5.74) is 11.3. The third-order valence-corrected chi connectivity index (χ3v) is 4.13. The fourth-order valence-corrected chi connectivity index (χ4v) is 2.78. The van der Waals surface area contributed by atoms with Gasteiger partial charge in [-0.1, -0.05) is 27.6 Å². The van der Waals surface area contributed by atoms with Gasteiger partial charge in [0.15, 0.2) is 0 Å². The van der Waals surface area contributed by atoms with Crippen molar-refractivity contribution in [2.45, 2.75) is 6.92 Å². The Kier molecular flexibility index (Phi) is 3.51. The molecule has 106 valence electrons. The van der Waals surface area contributed by atoms with Crippen molar-refractivity contribution in [3.05, 3.63) is 52.8 Å². The van der Waals surface area contributed by atoms with Crippen LogP contribution in [-0.2, 0) is 7.05 Å². The van der Waals surface area contributed by atoms with Crippen LogP contribution in [0.15, 0.2) is 47.2 Å². The molecule has 0 saturated carbocycles. The second-order valence-corrected chi connectivity index (χ2v) is 5.81. The van der Waals surface area contributed by atoms with E-state index >= 15 is 0 Å². The minimum Gasteiger partial charge on any atom is -0.383 e. The van der Waals surface area contributed by atoms with Crippen LogP contribution in [0.25, 0.3) is 22.4 Å². The molecule has 0 saturated heterocycles.